The van der Waals surface area contributed by atoms with Crippen LogP contribution in [0.15, 0.2) is 12.8 Å². The second-order valence-electron chi connectivity index (χ2n) is 3.35. The molecule has 76 valence electrons. The van der Waals surface area contributed by atoms with Gasteiger partial charge in [-0.1, -0.05) is 6.58 Å². The lowest BCUT2D eigenvalue weighted by Gasteiger charge is -2.18. The van der Waals surface area contributed by atoms with E-state index in [0.717, 1.165) is 0 Å². The maximum absolute atomic E-state index is 10.9. The van der Waals surface area contributed by atoms with E-state index in [2.05, 4.69) is 11.3 Å². The summed E-state index contributed by atoms with van der Waals surface area (Å²) in [6.07, 6.45) is 0.610. The maximum atomic E-state index is 10.9. The van der Waals surface area contributed by atoms with Crippen LogP contribution in [0.3, 0.4) is 0 Å². The maximum Gasteiger partial charge on any atom is 0.508 e. The molecule has 4 heteroatoms. The molecule has 0 aromatic rings. The van der Waals surface area contributed by atoms with Gasteiger partial charge in [-0.3, -0.25) is 0 Å². The van der Waals surface area contributed by atoms with E-state index in [1.54, 1.807) is 20.8 Å². The number of hydrogen-bond donors (Lipinski definition) is 0. The lowest BCUT2D eigenvalue weighted by molar-refractivity contribution is -0.0133. The zero-order valence-electron chi connectivity index (χ0n) is 8.33. The van der Waals surface area contributed by atoms with Gasteiger partial charge in [-0.2, -0.15) is 0 Å². The Labute approximate surface area is 78.5 Å². The molecule has 0 bridgehead atoms. The van der Waals surface area contributed by atoms with E-state index in [9.17, 15) is 4.79 Å². The Kier molecular flexibility index (Phi) is 4.96. The standard InChI is InChI=1S/C9H16O4/c1-5-11-6-7-12-8(10)13-9(2,3)4/h5H,1,6-7H2,2-4H3. The minimum Gasteiger partial charge on any atom is -0.498 e. The number of hydrogen-bond acceptors (Lipinski definition) is 4. The van der Waals surface area contributed by atoms with E-state index < -0.39 is 11.8 Å². The fraction of sp³-hybridized carbons (Fsp3) is 0.667. The van der Waals surface area contributed by atoms with Crippen LogP contribution in [0.4, 0.5) is 4.79 Å². The van der Waals surface area contributed by atoms with Crippen molar-refractivity contribution >= 4 is 6.16 Å². The highest BCUT2D eigenvalue weighted by Gasteiger charge is 2.16. The van der Waals surface area contributed by atoms with Crippen LogP contribution in [0.5, 0.6) is 0 Å². The predicted molar refractivity (Wildman–Crippen MR) is 48.3 cm³/mol. The van der Waals surface area contributed by atoms with E-state index in [4.69, 9.17) is 9.47 Å². The summed E-state index contributed by atoms with van der Waals surface area (Å²) in [6, 6.07) is 0. The molecule has 0 aromatic carbocycles. The zero-order valence-corrected chi connectivity index (χ0v) is 8.33. The van der Waals surface area contributed by atoms with Gasteiger partial charge in [0, 0.05) is 0 Å². The van der Waals surface area contributed by atoms with Gasteiger partial charge in [0.15, 0.2) is 0 Å². The quantitative estimate of drug-likeness (QED) is 0.385. The molecule has 0 saturated carbocycles. The Bertz CT molecular complexity index is 169. The lowest BCUT2D eigenvalue weighted by atomic mass is 10.2. The van der Waals surface area contributed by atoms with E-state index in [1.165, 1.54) is 6.26 Å². The molecule has 0 N–H and O–H groups in total. The first-order valence-corrected chi connectivity index (χ1v) is 4.04. The molecule has 0 aliphatic carbocycles. The van der Waals surface area contributed by atoms with Crippen LogP contribution in [-0.2, 0) is 14.2 Å². The van der Waals surface area contributed by atoms with Crippen LogP contribution in [0.25, 0.3) is 0 Å². The summed E-state index contributed by atoms with van der Waals surface area (Å²) in [5.41, 5.74) is -0.517. The molecule has 0 aliphatic heterocycles. The summed E-state index contributed by atoms with van der Waals surface area (Å²) >= 11 is 0. The molecule has 0 rings (SSSR count). The number of carbonyl (C=O) groups is 1. The highest BCUT2D eigenvalue weighted by atomic mass is 16.7. The van der Waals surface area contributed by atoms with Gasteiger partial charge in [-0.15, -0.1) is 0 Å². The highest BCUT2D eigenvalue weighted by Crippen LogP contribution is 2.07. The molecule has 0 spiro atoms. The first-order valence-electron chi connectivity index (χ1n) is 4.04. The van der Waals surface area contributed by atoms with Crippen molar-refractivity contribution in [2.24, 2.45) is 0 Å². The van der Waals surface area contributed by atoms with Gasteiger partial charge >= 0.3 is 6.16 Å². The van der Waals surface area contributed by atoms with Crippen LogP contribution >= 0.6 is 0 Å². The molecule has 0 fully saturated rings. The molecule has 0 amide bonds. The number of rotatable bonds is 4. The van der Waals surface area contributed by atoms with Gasteiger partial charge in [0.05, 0.1) is 6.26 Å². The van der Waals surface area contributed by atoms with E-state index in [0.29, 0.717) is 6.61 Å². The molecular formula is C9H16O4. The van der Waals surface area contributed by atoms with Crippen molar-refractivity contribution in [2.75, 3.05) is 13.2 Å². The van der Waals surface area contributed by atoms with Gasteiger partial charge in [0.1, 0.15) is 18.8 Å². The topological polar surface area (TPSA) is 44.8 Å². The van der Waals surface area contributed by atoms with E-state index >= 15 is 0 Å². The largest absolute Gasteiger partial charge is 0.508 e. The Morgan fingerprint density at radius 3 is 2.46 bits per heavy atom. The minimum atomic E-state index is -0.680. The van der Waals surface area contributed by atoms with Crippen molar-refractivity contribution in [2.45, 2.75) is 26.4 Å². The van der Waals surface area contributed by atoms with E-state index in [-0.39, 0.29) is 6.61 Å². The van der Waals surface area contributed by atoms with Gasteiger partial charge < -0.3 is 14.2 Å². The summed E-state index contributed by atoms with van der Waals surface area (Å²) in [5, 5.41) is 0. The summed E-state index contributed by atoms with van der Waals surface area (Å²) in [6.45, 7) is 9.12. The van der Waals surface area contributed by atoms with Crippen molar-refractivity contribution in [3.8, 4) is 0 Å². The molecule has 0 unspecified atom stereocenters. The van der Waals surface area contributed by atoms with Gasteiger partial charge in [0.25, 0.3) is 0 Å². The Morgan fingerprint density at radius 2 is 2.00 bits per heavy atom. The lowest BCUT2D eigenvalue weighted by Crippen LogP contribution is -2.25. The van der Waals surface area contributed by atoms with Crippen LogP contribution in [0.2, 0.25) is 0 Å². The molecule has 0 aliphatic rings. The molecule has 0 saturated heterocycles. The van der Waals surface area contributed by atoms with Crippen LogP contribution in [0, 0.1) is 0 Å². The fourth-order valence-corrected chi connectivity index (χ4v) is 0.536. The predicted octanol–water partition coefficient (Wildman–Crippen LogP) is 2.10. The van der Waals surface area contributed by atoms with Crippen molar-refractivity contribution in [3.63, 3.8) is 0 Å². The smallest absolute Gasteiger partial charge is 0.498 e. The third-order valence-corrected chi connectivity index (χ3v) is 0.928. The molecule has 0 heterocycles. The summed E-state index contributed by atoms with van der Waals surface area (Å²) in [5.74, 6) is 0. The average Bonchev–Trinajstić information content (AvgIpc) is 1.94. The van der Waals surface area contributed by atoms with E-state index in [1.807, 2.05) is 0 Å². The van der Waals surface area contributed by atoms with Crippen molar-refractivity contribution in [1.82, 2.24) is 0 Å². The average molecular weight is 188 g/mol. The van der Waals surface area contributed by atoms with Gasteiger partial charge in [0.2, 0.25) is 0 Å². The SMILES string of the molecule is C=COCCOC(=O)OC(C)(C)C. The van der Waals surface area contributed by atoms with Crippen molar-refractivity contribution in [1.29, 1.82) is 0 Å². The first-order chi connectivity index (χ1) is 5.95. The first kappa shape index (κ1) is 11.8. The molecule has 4 nitrogen and oxygen atoms in total. The Balaban J connectivity index is 3.47. The second kappa shape index (κ2) is 5.45. The second-order valence-corrected chi connectivity index (χ2v) is 3.35. The third-order valence-electron chi connectivity index (χ3n) is 0.928. The van der Waals surface area contributed by atoms with Crippen molar-refractivity contribution in [3.05, 3.63) is 12.8 Å². The Morgan fingerprint density at radius 1 is 1.38 bits per heavy atom. The van der Waals surface area contributed by atoms with Crippen molar-refractivity contribution < 1.29 is 19.0 Å². The minimum absolute atomic E-state index is 0.168. The van der Waals surface area contributed by atoms with Crippen LogP contribution < -0.4 is 0 Å². The summed E-state index contributed by atoms with van der Waals surface area (Å²) in [7, 11) is 0. The fourth-order valence-electron chi connectivity index (χ4n) is 0.536. The summed E-state index contributed by atoms with van der Waals surface area (Å²) < 4.78 is 14.3. The molecule has 0 atom stereocenters. The van der Waals surface area contributed by atoms with Gasteiger partial charge in [-0.25, -0.2) is 4.79 Å². The zero-order chi connectivity index (χ0) is 10.3. The Hall–Kier alpha value is -1.19. The molecule has 0 aromatic heterocycles. The van der Waals surface area contributed by atoms with Crippen LogP contribution in [0.1, 0.15) is 20.8 Å². The van der Waals surface area contributed by atoms with Crippen LogP contribution in [-0.4, -0.2) is 25.0 Å². The highest BCUT2D eigenvalue weighted by molar-refractivity contribution is 5.60. The normalized spacial score (nSPS) is 10.4. The summed E-state index contributed by atoms with van der Waals surface area (Å²) in [4.78, 5) is 10.9. The molecule has 13 heavy (non-hydrogen) atoms. The number of ether oxygens (including phenoxy) is 3. The third kappa shape index (κ3) is 8.72. The molecular weight excluding hydrogens is 172 g/mol. The molecule has 0 radical (unpaired) electrons. The monoisotopic (exact) mass is 188 g/mol. The number of carbonyl (C=O) groups excluding carboxylic acids is 1. The van der Waals surface area contributed by atoms with Gasteiger partial charge in [-0.05, 0) is 20.8 Å².